The molecule has 11 rings (SSSR count). The van der Waals surface area contributed by atoms with Crippen molar-refractivity contribution in [2.45, 2.75) is 19.3 Å². The van der Waals surface area contributed by atoms with Gasteiger partial charge in [0.1, 0.15) is 0 Å². The minimum absolute atomic E-state index is 0.00264. The second kappa shape index (κ2) is 14.9. The summed E-state index contributed by atoms with van der Waals surface area (Å²) in [6.07, 6.45) is 0. The van der Waals surface area contributed by atoms with E-state index in [0.717, 1.165) is 55.7 Å². The Bertz CT molecular complexity index is 3180. The Balaban J connectivity index is 1.01. The molecule has 0 amide bonds. The molecule has 0 bridgehead atoms. The van der Waals surface area contributed by atoms with Gasteiger partial charge in [-0.25, -0.2) is 9.97 Å². The first-order valence-electron chi connectivity index (χ1n) is 21.1. The fraction of sp³-hybridized carbons (Fsp3) is 0.0508. The number of hydrogen-bond acceptors (Lipinski definition) is 2. The Kier molecular flexibility index (Phi) is 8.86. The zero-order valence-corrected chi connectivity index (χ0v) is 34.2. The molecule has 61 heavy (non-hydrogen) atoms. The first-order valence-corrected chi connectivity index (χ1v) is 21.1. The largest absolute Gasteiger partial charge is 0.228 e. The maximum Gasteiger partial charge on any atom is 0.160 e. The molecule has 0 aliphatic heterocycles. The molecule has 0 radical (unpaired) electrons. The quantitative estimate of drug-likeness (QED) is 0.161. The lowest BCUT2D eigenvalue weighted by atomic mass is 9.82. The fourth-order valence-corrected chi connectivity index (χ4v) is 9.34. The van der Waals surface area contributed by atoms with Crippen LogP contribution in [-0.4, -0.2) is 9.97 Å². The van der Waals surface area contributed by atoms with Crippen LogP contribution in [0.1, 0.15) is 25.0 Å². The van der Waals surface area contributed by atoms with E-state index in [1.807, 2.05) is 18.2 Å². The third kappa shape index (κ3) is 6.54. The van der Waals surface area contributed by atoms with Crippen LogP contribution in [0.15, 0.2) is 218 Å². The van der Waals surface area contributed by atoms with E-state index < -0.39 is 0 Å². The first-order chi connectivity index (χ1) is 30.0. The number of aromatic nitrogens is 2. The highest BCUT2D eigenvalue weighted by molar-refractivity contribution is 6.05. The van der Waals surface area contributed by atoms with Gasteiger partial charge in [-0.15, -0.1) is 0 Å². The van der Waals surface area contributed by atoms with Crippen molar-refractivity contribution >= 4 is 10.8 Å². The van der Waals surface area contributed by atoms with E-state index in [9.17, 15) is 0 Å². The van der Waals surface area contributed by atoms with Crippen molar-refractivity contribution in [3.8, 4) is 89.5 Å². The van der Waals surface area contributed by atoms with Crippen LogP contribution in [0.4, 0.5) is 0 Å². The Morgan fingerprint density at radius 1 is 0.279 bits per heavy atom. The van der Waals surface area contributed by atoms with E-state index in [1.165, 1.54) is 49.9 Å². The molecule has 0 saturated carbocycles. The summed E-state index contributed by atoms with van der Waals surface area (Å²) >= 11 is 0. The molecule has 288 valence electrons. The summed E-state index contributed by atoms with van der Waals surface area (Å²) in [7, 11) is 0. The van der Waals surface area contributed by atoms with Crippen LogP contribution in [0.25, 0.3) is 100 Å². The average Bonchev–Trinajstić information content (AvgIpc) is 3.56. The third-order valence-electron chi connectivity index (χ3n) is 12.5. The summed E-state index contributed by atoms with van der Waals surface area (Å²) in [5.41, 5.74) is 19.7. The SMILES string of the molecule is CC1(C)c2ccccc2-c2cc(-c3ccc(-c4ccc(-c5cc(-c6cc(-c7ccccc7)cc(-c7ccccc7)c6)nc(-c6ccccc6)n5)c5ccccc45)cc3)ccc21. The number of hydrogen-bond donors (Lipinski definition) is 0. The van der Waals surface area contributed by atoms with Crippen molar-refractivity contribution in [1.29, 1.82) is 0 Å². The van der Waals surface area contributed by atoms with Crippen LogP contribution in [0.3, 0.4) is 0 Å². The highest BCUT2D eigenvalue weighted by Gasteiger charge is 2.35. The predicted molar refractivity (Wildman–Crippen MR) is 255 cm³/mol. The molecule has 0 unspecified atom stereocenters. The molecular formula is C59H42N2. The molecule has 0 atom stereocenters. The summed E-state index contributed by atoms with van der Waals surface area (Å²) < 4.78 is 0. The van der Waals surface area contributed by atoms with Gasteiger partial charge in [-0.3, -0.25) is 0 Å². The lowest BCUT2D eigenvalue weighted by Crippen LogP contribution is -2.14. The van der Waals surface area contributed by atoms with Gasteiger partial charge in [0.25, 0.3) is 0 Å². The summed E-state index contributed by atoms with van der Waals surface area (Å²) in [6.45, 7) is 4.67. The Morgan fingerprint density at radius 2 is 0.754 bits per heavy atom. The molecular weight excluding hydrogens is 737 g/mol. The summed E-state index contributed by atoms with van der Waals surface area (Å²) in [5.74, 6) is 0.696. The van der Waals surface area contributed by atoms with Gasteiger partial charge in [0.2, 0.25) is 0 Å². The summed E-state index contributed by atoms with van der Waals surface area (Å²) in [4.78, 5) is 10.6. The minimum Gasteiger partial charge on any atom is -0.228 e. The van der Waals surface area contributed by atoms with Gasteiger partial charge in [0.15, 0.2) is 5.82 Å². The van der Waals surface area contributed by atoms with Crippen molar-refractivity contribution in [2.75, 3.05) is 0 Å². The van der Waals surface area contributed by atoms with Crippen LogP contribution in [-0.2, 0) is 5.41 Å². The van der Waals surface area contributed by atoms with Gasteiger partial charge >= 0.3 is 0 Å². The van der Waals surface area contributed by atoms with Crippen molar-refractivity contribution in [3.63, 3.8) is 0 Å². The second-order valence-corrected chi connectivity index (χ2v) is 16.6. The van der Waals surface area contributed by atoms with E-state index in [0.29, 0.717) is 5.82 Å². The maximum atomic E-state index is 5.29. The van der Waals surface area contributed by atoms with Gasteiger partial charge < -0.3 is 0 Å². The highest BCUT2D eigenvalue weighted by atomic mass is 14.9. The molecule has 1 aliphatic carbocycles. The van der Waals surface area contributed by atoms with E-state index in [1.54, 1.807) is 0 Å². The van der Waals surface area contributed by atoms with Crippen LogP contribution in [0, 0.1) is 0 Å². The average molecular weight is 779 g/mol. The monoisotopic (exact) mass is 778 g/mol. The Morgan fingerprint density at radius 3 is 1.43 bits per heavy atom. The molecule has 1 heterocycles. The molecule has 0 saturated heterocycles. The molecule has 1 aliphatic rings. The van der Waals surface area contributed by atoms with E-state index in [4.69, 9.17) is 9.97 Å². The number of rotatable bonds is 7. The zero-order chi connectivity index (χ0) is 40.9. The standard InChI is InChI=1S/C59H42N2/c1-59(2)54-25-15-14-24-51(54)53-37-44(30-33-55(53)59)41-26-28-42(29-27-41)48-31-32-52(50-23-13-12-22-49(48)50)57-38-56(60-58(61-57)43-20-10-5-11-21-43)47-35-45(39-16-6-3-7-17-39)34-46(36-47)40-18-8-4-9-19-40/h3-38H,1-2H3. The van der Waals surface area contributed by atoms with E-state index in [-0.39, 0.29) is 5.41 Å². The van der Waals surface area contributed by atoms with Gasteiger partial charge in [-0.2, -0.15) is 0 Å². The van der Waals surface area contributed by atoms with E-state index in [2.05, 4.69) is 214 Å². The van der Waals surface area contributed by atoms with Crippen LogP contribution >= 0.6 is 0 Å². The Hall–Kier alpha value is -7.68. The van der Waals surface area contributed by atoms with Crippen molar-refractivity contribution in [1.82, 2.24) is 9.97 Å². The first kappa shape index (κ1) is 36.4. The molecule has 0 N–H and O–H groups in total. The topological polar surface area (TPSA) is 25.8 Å². The van der Waals surface area contributed by atoms with Gasteiger partial charge in [-0.1, -0.05) is 202 Å². The minimum atomic E-state index is -0.00264. The van der Waals surface area contributed by atoms with Crippen LogP contribution < -0.4 is 0 Å². The fourth-order valence-electron chi connectivity index (χ4n) is 9.34. The summed E-state index contributed by atoms with van der Waals surface area (Å²) in [6, 6.07) is 78.6. The lowest BCUT2D eigenvalue weighted by Gasteiger charge is -2.21. The van der Waals surface area contributed by atoms with Crippen molar-refractivity contribution in [3.05, 3.63) is 230 Å². The Labute approximate surface area is 357 Å². The molecule has 2 nitrogen and oxygen atoms in total. The lowest BCUT2D eigenvalue weighted by molar-refractivity contribution is 0.660. The molecule has 0 spiro atoms. The number of benzene rings is 9. The molecule has 9 aromatic carbocycles. The number of fused-ring (bicyclic) bond motifs is 4. The summed E-state index contributed by atoms with van der Waals surface area (Å²) in [5, 5.41) is 2.33. The van der Waals surface area contributed by atoms with Gasteiger partial charge in [0.05, 0.1) is 11.4 Å². The van der Waals surface area contributed by atoms with Crippen LogP contribution in [0.5, 0.6) is 0 Å². The molecule has 0 fully saturated rings. The van der Waals surface area contributed by atoms with Crippen molar-refractivity contribution in [2.24, 2.45) is 0 Å². The molecule has 2 heteroatoms. The van der Waals surface area contributed by atoms with E-state index >= 15 is 0 Å². The smallest absolute Gasteiger partial charge is 0.160 e. The van der Waals surface area contributed by atoms with Crippen LogP contribution in [0.2, 0.25) is 0 Å². The normalized spacial score (nSPS) is 12.6. The zero-order valence-electron chi connectivity index (χ0n) is 34.2. The molecule has 10 aromatic rings. The van der Waals surface area contributed by atoms with Gasteiger partial charge in [-0.05, 0) is 108 Å². The highest BCUT2D eigenvalue weighted by Crippen LogP contribution is 2.49. The molecule has 1 aromatic heterocycles. The maximum absolute atomic E-state index is 5.29. The third-order valence-corrected chi connectivity index (χ3v) is 12.5. The van der Waals surface area contributed by atoms with Crippen molar-refractivity contribution < 1.29 is 0 Å². The number of nitrogens with zero attached hydrogens (tertiary/aromatic N) is 2. The predicted octanol–water partition coefficient (Wildman–Crippen LogP) is 15.6. The second-order valence-electron chi connectivity index (χ2n) is 16.6. The van der Waals surface area contributed by atoms with Gasteiger partial charge in [0, 0.05) is 22.1 Å².